The maximum absolute atomic E-state index is 13.6. The van der Waals surface area contributed by atoms with E-state index in [0.717, 1.165) is 12.8 Å². The predicted octanol–water partition coefficient (Wildman–Crippen LogP) is 5.23. The van der Waals surface area contributed by atoms with Crippen LogP contribution in [-0.4, -0.2) is 41.5 Å². The van der Waals surface area contributed by atoms with E-state index in [2.05, 4.69) is 21.2 Å². The summed E-state index contributed by atoms with van der Waals surface area (Å²) in [4.78, 5) is 28.2. The van der Waals surface area contributed by atoms with Gasteiger partial charge in [0.1, 0.15) is 12.4 Å². The molecule has 0 aromatic heterocycles. The maximum atomic E-state index is 13.6. The normalized spacial score (nSPS) is 25.8. The van der Waals surface area contributed by atoms with E-state index in [1.165, 1.54) is 19.2 Å². The Morgan fingerprint density at radius 1 is 1.21 bits per heavy atom. The molecule has 3 aliphatic rings. The zero-order valence-electron chi connectivity index (χ0n) is 20.5. The second kappa shape index (κ2) is 9.36. The Hall–Kier alpha value is -3.50. The number of ether oxygens (including phenoxy) is 2. The summed E-state index contributed by atoms with van der Waals surface area (Å²) in [5.41, 5.74) is 1.23. The van der Waals surface area contributed by atoms with Gasteiger partial charge in [0, 0.05) is 28.8 Å². The van der Waals surface area contributed by atoms with Gasteiger partial charge in [0.2, 0.25) is 0 Å². The van der Waals surface area contributed by atoms with Crippen molar-refractivity contribution in [3.8, 4) is 11.5 Å². The van der Waals surface area contributed by atoms with Crippen molar-refractivity contribution in [2.45, 2.75) is 43.0 Å². The van der Waals surface area contributed by atoms with E-state index in [1.54, 1.807) is 24.3 Å². The number of amides is 1. The van der Waals surface area contributed by atoms with Gasteiger partial charge in [-0.05, 0) is 70.2 Å². The number of fused-ring (bicyclic) bond motifs is 4. The van der Waals surface area contributed by atoms with Gasteiger partial charge in [0.05, 0.1) is 17.5 Å². The minimum atomic E-state index is -1.39. The van der Waals surface area contributed by atoms with E-state index < -0.39 is 17.5 Å². The van der Waals surface area contributed by atoms with E-state index in [9.17, 15) is 19.3 Å². The SMILES string of the molecule is COc1cc([C@H]2[C@H]([N+](=O)[O-])[C@@]3(C(=O)Nc4ccccc43)N3CCC[C@@H]23)cc(Br)c1OCc1cccc(F)c1. The molecule has 3 aliphatic heterocycles. The summed E-state index contributed by atoms with van der Waals surface area (Å²) >= 11 is 3.57. The zero-order valence-corrected chi connectivity index (χ0v) is 22.1. The summed E-state index contributed by atoms with van der Waals surface area (Å²) < 4.78 is 25.8. The largest absolute Gasteiger partial charge is 0.493 e. The molecule has 10 heteroatoms. The van der Waals surface area contributed by atoms with Crippen LogP contribution in [0.15, 0.2) is 65.1 Å². The third kappa shape index (κ3) is 3.61. The Morgan fingerprint density at radius 2 is 2.03 bits per heavy atom. The summed E-state index contributed by atoms with van der Waals surface area (Å²) in [6.07, 6.45) is 1.58. The third-order valence-electron chi connectivity index (χ3n) is 8.00. The molecule has 38 heavy (non-hydrogen) atoms. The van der Waals surface area contributed by atoms with Gasteiger partial charge in [-0.25, -0.2) is 4.39 Å². The summed E-state index contributed by atoms with van der Waals surface area (Å²) in [7, 11) is 1.50. The van der Waals surface area contributed by atoms with Gasteiger partial charge in [0.25, 0.3) is 11.9 Å². The molecule has 2 fully saturated rings. The van der Waals surface area contributed by atoms with Crippen molar-refractivity contribution in [3.63, 3.8) is 0 Å². The monoisotopic (exact) mass is 581 g/mol. The highest BCUT2D eigenvalue weighted by Gasteiger charge is 2.73. The molecular weight excluding hydrogens is 557 g/mol. The number of hydrogen-bond donors (Lipinski definition) is 1. The van der Waals surface area contributed by atoms with Gasteiger partial charge in [0.15, 0.2) is 17.0 Å². The number of anilines is 1. The number of carbonyl (C=O) groups is 1. The quantitative estimate of drug-likeness (QED) is 0.316. The predicted molar refractivity (Wildman–Crippen MR) is 141 cm³/mol. The fraction of sp³-hybridized carbons (Fsp3) is 0.321. The number of halogens is 2. The van der Waals surface area contributed by atoms with Crippen molar-refractivity contribution in [1.29, 1.82) is 0 Å². The standard InChI is InChI=1S/C28H25BrFN3O5/c1-37-23-14-17(13-20(29)25(23)38-15-16-6-4-7-18(30)12-16)24-22-10-5-11-32(22)28(26(24)33(35)36)19-8-2-3-9-21(19)31-27(28)34/h2-4,6-9,12-14,22,24,26H,5,10-11,15H2,1H3,(H,31,34)/t22-,24+,26-,28-/m0/s1. The topological polar surface area (TPSA) is 93.9 Å². The number of nitrogens with zero attached hydrogens (tertiary/aromatic N) is 2. The molecule has 8 nitrogen and oxygen atoms in total. The van der Waals surface area contributed by atoms with Crippen LogP contribution in [0.2, 0.25) is 0 Å². The van der Waals surface area contributed by atoms with E-state index in [4.69, 9.17) is 9.47 Å². The average molecular weight is 582 g/mol. The summed E-state index contributed by atoms with van der Waals surface area (Å²) in [5, 5.41) is 15.7. The minimum absolute atomic E-state index is 0.115. The van der Waals surface area contributed by atoms with Crippen LogP contribution in [0.5, 0.6) is 11.5 Å². The van der Waals surface area contributed by atoms with Crippen molar-refractivity contribution in [1.82, 2.24) is 4.90 Å². The van der Waals surface area contributed by atoms with Crippen LogP contribution in [-0.2, 0) is 16.9 Å². The number of para-hydroxylation sites is 1. The highest BCUT2D eigenvalue weighted by Crippen LogP contribution is 2.58. The van der Waals surface area contributed by atoms with Gasteiger partial charge in [-0.15, -0.1) is 0 Å². The minimum Gasteiger partial charge on any atom is -0.493 e. The highest BCUT2D eigenvalue weighted by atomic mass is 79.9. The maximum Gasteiger partial charge on any atom is 0.256 e. The Morgan fingerprint density at radius 3 is 2.79 bits per heavy atom. The number of hydrogen-bond acceptors (Lipinski definition) is 6. The molecule has 0 aliphatic carbocycles. The first kappa shape index (κ1) is 24.8. The van der Waals surface area contributed by atoms with E-state index in [1.807, 2.05) is 29.2 Å². The molecule has 1 amide bonds. The molecule has 0 bridgehead atoms. The van der Waals surface area contributed by atoms with E-state index >= 15 is 0 Å². The fourth-order valence-electron chi connectivity index (χ4n) is 6.63. The summed E-state index contributed by atoms with van der Waals surface area (Å²) in [6, 6.07) is 15.6. The Kier molecular flexibility index (Phi) is 6.11. The molecule has 1 spiro atoms. The van der Waals surface area contributed by atoms with Crippen LogP contribution in [0.4, 0.5) is 10.1 Å². The van der Waals surface area contributed by atoms with Gasteiger partial charge in [-0.3, -0.25) is 19.8 Å². The molecule has 3 heterocycles. The van der Waals surface area contributed by atoms with Crippen LogP contribution in [0.3, 0.4) is 0 Å². The molecule has 0 unspecified atom stereocenters. The number of carbonyl (C=O) groups excluding carboxylic acids is 1. The highest BCUT2D eigenvalue weighted by molar-refractivity contribution is 9.10. The van der Waals surface area contributed by atoms with Crippen LogP contribution in [0.25, 0.3) is 0 Å². The van der Waals surface area contributed by atoms with Gasteiger partial charge in [-0.1, -0.05) is 30.3 Å². The molecule has 196 valence electrons. The molecular formula is C28H25BrFN3O5. The number of nitro groups is 1. The third-order valence-corrected chi connectivity index (χ3v) is 8.59. The van der Waals surface area contributed by atoms with Crippen molar-refractivity contribution in [2.75, 3.05) is 19.0 Å². The number of rotatable bonds is 6. The lowest BCUT2D eigenvalue weighted by atomic mass is 9.77. The van der Waals surface area contributed by atoms with Crippen LogP contribution in [0.1, 0.15) is 35.4 Å². The first-order chi connectivity index (χ1) is 18.4. The second-order valence-corrected chi connectivity index (χ2v) is 10.7. The molecule has 0 radical (unpaired) electrons. The molecule has 2 saturated heterocycles. The van der Waals surface area contributed by atoms with Gasteiger partial charge in [-0.2, -0.15) is 0 Å². The number of benzene rings is 3. The smallest absolute Gasteiger partial charge is 0.256 e. The molecule has 3 aromatic rings. The lowest BCUT2D eigenvalue weighted by Crippen LogP contribution is -2.55. The first-order valence-electron chi connectivity index (χ1n) is 12.4. The summed E-state index contributed by atoms with van der Waals surface area (Å²) in [6.45, 7) is 0.712. The number of methoxy groups -OCH3 is 1. The second-order valence-electron chi connectivity index (χ2n) is 9.88. The average Bonchev–Trinajstić information content (AvgIpc) is 3.56. The number of nitrogens with one attached hydrogen (secondary N) is 1. The van der Waals surface area contributed by atoms with Crippen molar-refractivity contribution < 1.29 is 23.6 Å². The Bertz CT molecular complexity index is 1450. The zero-order chi connectivity index (χ0) is 26.6. The fourth-order valence-corrected chi connectivity index (χ4v) is 7.20. The molecule has 0 saturated carbocycles. The van der Waals surface area contributed by atoms with E-state index in [0.29, 0.717) is 44.9 Å². The molecule has 3 aromatic carbocycles. The first-order valence-corrected chi connectivity index (χ1v) is 13.2. The van der Waals surface area contributed by atoms with Crippen molar-refractivity contribution in [3.05, 3.63) is 97.8 Å². The lowest BCUT2D eigenvalue weighted by molar-refractivity contribution is -0.534. The Balaban J connectivity index is 1.43. The molecule has 4 atom stereocenters. The summed E-state index contributed by atoms with van der Waals surface area (Å²) in [5.74, 6) is -0.456. The van der Waals surface area contributed by atoms with Crippen LogP contribution >= 0.6 is 15.9 Å². The molecule has 6 rings (SSSR count). The lowest BCUT2D eigenvalue weighted by Gasteiger charge is -2.32. The van der Waals surface area contributed by atoms with Crippen LogP contribution < -0.4 is 14.8 Å². The van der Waals surface area contributed by atoms with Crippen LogP contribution in [0, 0.1) is 15.9 Å². The van der Waals surface area contributed by atoms with Crippen molar-refractivity contribution >= 4 is 27.5 Å². The van der Waals surface area contributed by atoms with E-state index in [-0.39, 0.29) is 29.3 Å². The Labute approximate surface area is 227 Å². The van der Waals surface area contributed by atoms with Crippen molar-refractivity contribution in [2.24, 2.45) is 0 Å². The van der Waals surface area contributed by atoms with Gasteiger partial charge >= 0.3 is 0 Å². The molecule has 1 N–H and O–H groups in total. The van der Waals surface area contributed by atoms with Gasteiger partial charge < -0.3 is 14.8 Å².